The van der Waals surface area contributed by atoms with Gasteiger partial charge in [0.2, 0.25) is 0 Å². The number of ether oxygens (including phenoxy) is 1. The van der Waals surface area contributed by atoms with Crippen molar-refractivity contribution in [2.75, 3.05) is 7.11 Å². The van der Waals surface area contributed by atoms with E-state index in [-0.39, 0.29) is 28.1 Å². The Kier molecular flexibility index (Phi) is 6.59. The Bertz CT molecular complexity index is 1170. The number of hydrogen-bond donors (Lipinski definition) is 0. The number of aryl methyl sites for hydroxylation is 1. The van der Waals surface area contributed by atoms with Gasteiger partial charge in [0.1, 0.15) is 0 Å². The molecule has 0 bridgehead atoms. The predicted molar refractivity (Wildman–Crippen MR) is 110 cm³/mol. The van der Waals surface area contributed by atoms with Crippen molar-refractivity contribution in [1.29, 1.82) is 0 Å². The zero-order valence-corrected chi connectivity index (χ0v) is 18.3. The summed E-state index contributed by atoms with van der Waals surface area (Å²) in [5, 5.41) is 0.430. The zero-order chi connectivity index (χ0) is 23.0. The fraction of sp³-hybridized carbons (Fsp3) is 0.250. The van der Waals surface area contributed by atoms with Gasteiger partial charge in [-0.05, 0) is 49.1 Å². The summed E-state index contributed by atoms with van der Waals surface area (Å²) in [6.45, 7) is 0. The van der Waals surface area contributed by atoms with E-state index in [4.69, 9.17) is 23.2 Å². The molecule has 31 heavy (non-hydrogen) atoms. The third-order valence-electron chi connectivity index (χ3n) is 4.65. The molecule has 0 heterocycles. The number of carbonyl (C=O) groups excluding carboxylic acids is 1. The molecule has 2 aromatic rings. The van der Waals surface area contributed by atoms with Gasteiger partial charge in [0.05, 0.1) is 12.7 Å². The van der Waals surface area contributed by atoms with Gasteiger partial charge in [-0.25, -0.2) is 4.79 Å². The third-order valence-corrected chi connectivity index (χ3v) is 6.15. The molecule has 11 heteroatoms. The minimum Gasteiger partial charge on any atom is -0.465 e. The fourth-order valence-corrected chi connectivity index (χ4v) is 4.27. The van der Waals surface area contributed by atoms with Crippen LogP contribution in [0.2, 0.25) is 10.0 Å². The van der Waals surface area contributed by atoms with Gasteiger partial charge in [0, 0.05) is 26.7 Å². The Labute approximate surface area is 186 Å². The van der Waals surface area contributed by atoms with Crippen molar-refractivity contribution in [3.05, 3.63) is 68.7 Å². The summed E-state index contributed by atoms with van der Waals surface area (Å²) >= 11 is 12.2. The Hall–Kier alpha value is -2.23. The van der Waals surface area contributed by atoms with Crippen LogP contribution in [0.4, 0.5) is 13.2 Å². The van der Waals surface area contributed by atoms with Crippen molar-refractivity contribution >= 4 is 50.6 Å². The van der Waals surface area contributed by atoms with E-state index < -0.39 is 27.4 Å². The topological polar surface area (TPSA) is 69.7 Å². The van der Waals surface area contributed by atoms with Crippen molar-refractivity contribution in [3.63, 3.8) is 0 Å². The van der Waals surface area contributed by atoms with Gasteiger partial charge < -0.3 is 8.92 Å². The van der Waals surface area contributed by atoms with E-state index in [1.165, 1.54) is 43.5 Å². The number of hydrogen-bond acceptors (Lipinski definition) is 5. The molecule has 0 saturated carbocycles. The molecule has 0 atom stereocenters. The van der Waals surface area contributed by atoms with Crippen LogP contribution in [0.15, 0.2) is 36.4 Å². The van der Waals surface area contributed by atoms with Crippen LogP contribution >= 0.6 is 23.2 Å². The fourth-order valence-electron chi connectivity index (χ4n) is 3.24. The lowest BCUT2D eigenvalue weighted by atomic mass is 9.98. The second-order valence-corrected chi connectivity index (χ2v) is 9.01. The lowest BCUT2D eigenvalue weighted by Gasteiger charge is -2.18. The molecular formula is C20H15Cl2F3O5S. The first-order valence-electron chi connectivity index (χ1n) is 8.85. The molecule has 0 radical (unpaired) electrons. The second kappa shape index (κ2) is 8.72. The van der Waals surface area contributed by atoms with Crippen LogP contribution in [0, 0.1) is 0 Å². The maximum Gasteiger partial charge on any atom is 0.534 e. The van der Waals surface area contributed by atoms with Crippen molar-refractivity contribution < 1.29 is 35.3 Å². The van der Waals surface area contributed by atoms with E-state index in [0.717, 1.165) is 0 Å². The quantitative estimate of drug-likeness (QED) is 0.302. The lowest BCUT2D eigenvalue weighted by Crippen LogP contribution is -2.25. The highest BCUT2D eigenvalue weighted by Gasteiger charge is 2.49. The maximum atomic E-state index is 13.1. The summed E-state index contributed by atoms with van der Waals surface area (Å²) in [6, 6.07) is 8.46. The first kappa shape index (κ1) is 23.4. The summed E-state index contributed by atoms with van der Waals surface area (Å²) in [6.07, 6.45) is 0.963. The highest BCUT2D eigenvalue weighted by molar-refractivity contribution is 7.87. The summed E-state index contributed by atoms with van der Waals surface area (Å²) < 4.78 is 72.4. The smallest absolute Gasteiger partial charge is 0.465 e. The van der Waals surface area contributed by atoms with Crippen LogP contribution in [0.3, 0.4) is 0 Å². The van der Waals surface area contributed by atoms with Gasteiger partial charge in [-0.1, -0.05) is 35.3 Å². The van der Waals surface area contributed by atoms with Crippen molar-refractivity contribution in [2.45, 2.75) is 24.8 Å². The molecule has 3 rings (SSSR count). The summed E-state index contributed by atoms with van der Waals surface area (Å²) in [5.74, 6) is -1.13. The summed E-state index contributed by atoms with van der Waals surface area (Å²) in [4.78, 5) is 11.8. The molecule has 0 aliphatic heterocycles. The Morgan fingerprint density at radius 3 is 2.32 bits per heavy atom. The van der Waals surface area contributed by atoms with E-state index >= 15 is 0 Å². The SMILES string of the molecule is COC(=O)c1ccc2c(c1)CCCC(c1ccc(Cl)cc1Cl)=C2OS(=O)(=O)C(F)(F)F. The average Bonchev–Trinajstić information content (AvgIpc) is 2.85. The highest BCUT2D eigenvalue weighted by Crippen LogP contribution is 2.42. The predicted octanol–water partition coefficient (Wildman–Crippen LogP) is 5.85. The van der Waals surface area contributed by atoms with Crippen LogP contribution in [0.1, 0.15) is 39.9 Å². The lowest BCUT2D eigenvalue weighted by molar-refractivity contribution is -0.0509. The van der Waals surface area contributed by atoms with Crippen molar-refractivity contribution in [2.24, 2.45) is 0 Å². The molecule has 1 aliphatic rings. The number of fused-ring (bicyclic) bond motifs is 1. The number of halogens is 5. The Morgan fingerprint density at radius 1 is 1.03 bits per heavy atom. The van der Waals surface area contributed by atoms with Gasteiger partial charge in [0.15, 0.2) is 5.76 Å². The molecule has 0 amide bonds. The Morgan fingerprint density at radius 2 is 1.71 bits per heavy atom. The van der Waals surface area contributed by atoms with Crippen LogP contribution in [-0.4, -0.2) is 27.0 Å². The summed E-state index contributed by atoms with van der Waals surface area (Å²) in [5.41, 5.74) is -4.43. The molecule has 0 spiro atoms. The number of rotatable bonds is 4. The average molecular weight is 495 g/mol. The highest BCUT2D eigenvalue weighted by atomic mass is 35.5. The first-order valence-corrected chi connectivity index (χ1v) is 11.0. The number of carbonyl (C=O) groups is 1. The molecule has 5 nitrogen and oxygen atoms in total. The molecule has 0 unspecified atom stereocenters. The van der Waals surface area contributed by atoms with Crippen molar-refractivity contribution in [1.82, 2.24) is 0 Å². The molecule has 0 fully saturated rings. The number of alkyl halides is 3. The van der Waals surface area contributed by atoms with Gasteiger partial charge >= 0.3 is 21.6 Å². The minimum absolute atomic E-state index is 0.110. The monoisotopic (exact) mass is 494 g/mol. The third kappa shape index (κ3) is 4.83. The zero-order valence-electron chi connectivity index (χ0n) is 15.9. The molecule has 2 aromatic carbocycles. The van der Waals surface area contributed by atoms with Crippen LogP contribution in [0.5, 0.6) is 0 Å². The van der Waals surface area contributed by atoms with Crippen molar-refractivity contribution in [3.8, 4) is 0 Å². The normalized spacial score (nSPS) is 14.6. The van der Waals surface area contributed by atoms with Gasteiger partial charge in [-0.2, -0.15) is 21.6 Å². The van der Waals surface area contributed by atoms with Crippen LogP contribution in [-0.2, 0) is 25.5 Å². The van der Waals surface area contributed by atoms with Gasteiger partial charge in [-0.15, -0.1) is 0 Å². The molecule has 0 N–H and O–H groups in total. The van der Waals surface area contributed by atoms with E-state index in [1.54, 1.807) is 0 Å². The van der Waals surface area contributed by atoms with Gasteiger partial charge in [0.25, 0.3) is 0 Å². The number of methoxy groups -OCH3 is 1. The van der Waals surface area contributed by atoms with Gasteiger partial charge in [-0.3, -0.25) is 0 Å². The molecule has 0 aromatic heterocycles. The molecule has 1 aliphatic carbocycles. The summed E-state index contributed by atoms with van der Waals surface area (Å²) in [7, 11) is -4.77. The second-order valence-electron chi connectivity index (χ2n) is 6.63. The van der Waals surface area contributed by atoms with E-state index in [1.807, 2.05) is 0 Å². The number of benzene rings is 2. The molecule has 0 saturated heterocycles. The number of esters is 1. The molecular weight excluding hydrogens is 480 g/mol. The molecule has 166 valence electrons. The standard InChI is InChI=1S/C20H15Cl2F3O5S/c1-29-19(26)12-5-7-14-11(9-12)3-2-4-16(15-8-6-13(21)10-17(15)22)18(14)30-31(27,28)20(23,24)25/h5-10H,2-4H2,1H3. The van der Waals surface area contributed by atoms with E-state index in [0.29, 0.717) is 29.0 Å². The maximum absolute atomic E-state index is 13.1. The van der Waals surface area contributed by atoms with Crippen LogP contribution < -0.4 is 0 Å². The Balaban J connectivity index is 2.28. The largest absolute Gasteiger partial charge is 0.534 e. The van der Waals surface area contributed by atoms with E-state index in [9.17, 15) is 26.4 Å². The number of allylic oxidation sites excluding steroid dienone is 1. The first-order chi connectivity index (χ1) is 14.4. The van der Waals surface area contributed by atoms with Crippen LogP contribution in [0.25, 0.3) is 11.3 Å². The minimum atomic E-state index is -5.97. The van der Waals surface area contributed by atoms with E-state index in [2.05, 4.69) is 8.92 Å².